The number of likely N-dealkylation sites (N-methyl/N-ethyl adjacent to an activating group) is 1. The van der Waals surface area contributed by atoms with Gasteiger partial charge in [0.05, 0.1) is 18.8 Å². The van der Waals surface area contributed by atoms with Crippen molar-refractivity contribution in [2.75, 3.05) is 18.5 Å². The summed E-state index contributed by atoms with van der Waals surface area (Å²) in [6.45, 7) is 6.40. The first-order valence-electron chi connectivity index (χ1n) is 11.1. The Labute approximate surface area is 197 Å². The Bertz CT molecular complexity index is 1560. The van der Waals surface area contributed by atoms with Gasteiger partial charge in [-0.25, -0.2) is 4.79 Å². The fourth-order valence-electron chi connectivity index (χ4n) is 4.30. The molecule has 0 aliphatic rings. The van der Waals surface area contributed by atoms with E-state index in [1.807, 2.05) is 56.1 Å². The zero-order chi connectivity index (χ0) is 24.6. The fraction of sp³-hybridized carbons (Fsp3) is 0.360. The summed E-state index contributed by atoms with van der Waals surface area (Å²) in [7, 11) is 3.49. The van der Waals surface area contributed by atoms with Crippen LogP contribution in [-0.4, -0.2) is 43.3 Å². The van der Waals surface area contributed by atoms with Crippen LogP contribution in [0.4, 0.5) is 5.95 Å². The summed E-state index contributed by atoms with van der Waals surface area (Å²) in [6.07, 6.45) is 0. The van der Waals surface area contributed by atoms with Crippen molar-refractivity contribution in [1.29, 1.82) is 0 Å². The predicted molar refractivity (Wildman–Crippen MR) is 135 cm³/mol. The van der Waals surface area contributed by atoms with E-state index in [1.165, 1.54) is 9.13 Å². The van der Waals surface area contributed by atoms with Gasteiger partial charge < -0.3 is 10.6 Å². The van der Waals surface area contributed by atoms with Gasteiger partial charge in [0.15, 0.2) is 11.2 Å². The molecule has 176 valence electrons. The van der Waals surface area contributed by atoms with Gasteiger partial charge in [0, 0.05) is 37.8 Å². The molecule has 34 heavy (non-hydrogen) atoms. The number of rotatable bonds is 6. The van der Waals surface area contributed by atoms with Crippen LogP contribution in [0.25, 0.3) is 21.9 Å². The van der Waals surface area contributed by atoms with Crippen molar-refractivity contribution in [3.05, 3.63) is 62.6 Å². The van der Waals surface area contributed by atoms with E-state index >= 15 is 0 Å². The van der Waals surface area contributed by atoms with Crippen molar-refractivity contribution in [2.45, 2.75) is 39.9 Å². The molecule has 0 aliphatic carbocycles. The SMILES string of the molecule is CC#CCn1c(N(C)C[C@H](C)N)nc2c1c(=O)n(Cc1nc(C)cc3ccccc13)c(=O)n2C. The molecule has 0 unspecified atom stereocenters. The number of fused-ring (bicyclic) bond motifs is 2. The zero-order valence-electron chi connectivity index (χ0n) is 20.2. The van der Waals surface area contributed by atoms with Gasteiger partial charge in [-0.2, -0.15) is 4.98 Å². The van der Waals surface area contributed by atoms with Crippen molar-refractivity contribution < 1.29 is 0 Å². The van der Waals surface area contributed by atoms with Crippen LogP contribution >= 0.6 is 0 Å². The molecule has 2 N–H and O–H groups in total. The van der Waals surface area contributed by atoms with Crippen LogP contribution in [-0.2, 0) is 20.1 Å². The van der Waals surface area contributed by atoms with Crippen molar-refractivity contribution in [3.8, 4) is 11.8 Å². The van der Waals surface area contributed by atoms with Crippen LogP contribution in [0, 0.1) is 18.8 Å². The second kappa shape index (κ2) is 9.15. The minimum absolute atomic E-state index is 0.0548. The third-order valence-corrected chi connectivity index (χ3v) is 5.78. The number of hydrogen-bond acceptors (Lipinski definition) is 6. The Morgan fingerprint density at radius 1 is 1.18 bits per heavy atom. The van der Waals surface area contributed by atoms with E-state index in [4.69, 9.17) is 5.73 Å². The second-order valence-corrected chi connectivity index (χ2v) is 8.62. The number of benzene rings is 1. The number of imidazole rings is 1. The molecule has 0 saturated heterocycles. The van der Waals surface area contributed by atoms with Crippen LogP contribution in [0.2, 0.25) is 0 Å². The van der Waals surface area contributed by atoms with Crippen LogP contribution < -0.4 is 21.9 Å². The second-order valence-electron chi connectivity index (χ2n) is 8.62. The minimum atomic E-state index is -0.447. The van der Waals surface area contributed by atoms with Gasteiger partial charge in [0.1, 0.15) is 0 Å². The van der Waals surface area contributed by atoms with Crippen LogP contribution in [0.3, 0.4) is 0 Å². The monoisotopic (exact) mass is 459 g/mol. The first kappa shape index (κ1) is 23.3. The highest BCUT2D eigenvalue weighted by atomic mass is 16.2. The molecule has 9 heteroatoms. The highest BCUT2D eigenvalue weighted by Crippen LogP contribution is 2.21. The lowest BCUT2D eigenvalue weighted by atomic mass is 10.1. The summed E-state index contributed by atoms with van der Waals surface area (Å²) in [5.74, 6) is 6.44. The Kier molecular flexibility index (Phi) is 6.26. The summed E-state index contributed by atoms with van der Waals surface area (Å²) >= 11 is 0. The number of anilines is 1. The first-order valence-corrected chi connectivity index (χ1v) is 11.1. The van der Waals surface area contributed by atoms with Crippen LogP contribution in [0.15, 0.2) is 39.9 Å². The van der Waals surface area contributed by atoms with Crippen molar-refractivity contribution in [1.82, 2.24) is 23.7 Å². The van der Waals surface area contributed by atoms with Gasteiger partial charge in [-0.05, 0) is 32.2 Å². The van der Waals surface area contributed by atoms with Gasteiger partial charge in [-0.3, -0.25) is 23.5 Å². The van der Waals surface area contributed by atoms with E-state index in [2.05, 4.69) is 21.8 Å². The average Bonchev–Trinajstić information content (AvgIpc) is 3.18. The molecule has 0 saturated carbocycles. The molecule has 0 spiro atoms. The molecule has 3 aromatic heterocycles. The Morgan fingerprint density at radius 3 is 2.62 bits per heavy atom. The molecule has 4 rings (SSSR count). The summed E-state index contributed by atoms with van der Waals surface area (Å²) in [4.78, 5) is 38.2. The van der Waals surface area contributed by atoms with E-state index in [9.17, 15) is 9.59 Å². The molecule has 0 fully saturated rings. The van der Waals surface area contributed by atoms with E-state index < -0.39 is 11.2 Å². The number of aromatic nitrogens is 5. The molecular formula is C25H29N7O2. The lowest BCUT2D eigenvalue weighted by molar-refractivity contribution is 0.646. The average molecular weight is 460 g/mol. The lowest BCUT2D eigenvalue weighted by Crippen LogP contribution is -2.40. The van der Waals surface area contributed by atoms with Gasteiger partial charge in [-0.15, -0.1) is 5.92 Å². The molecule has 9 nitrogen and oxygen atoms in total. The maximum Gasteiger partial charge on any atom is 0.332 e. The number of nitrogens with zero attached hydrogens (tertiary/aromatic N) is 6. The molecule has 1 aromatic carbocycles. The fourth-order valence-corrected chi connectivity index (χ4v) is 4.30. The normalized spacial score (nSPS) is 12.1. The van der Waals surface area contributed by atoms with Crippen LogP contribution in [0.1, 0.15) is 25.2 Å². The van der Waals surface area contributed by atoms with Crippen molar-refractivity contribution in [2.24, 2.45) is 12.8 Å². The molecule has 1 atom stereocenters. The third-order valence-electron chi connectivity index (χ3n) is 5.78. The van der Waals surface area contributed by atoms with Gasteiger partial charge in [0.25, 0.3) is 5.56 Å². The largest absolute Gasteiger partial charge is 0.344 e. The number of hydrogen-bond donors (Lipinski definition) is 1. The van der Waals surface area contributed by atoms with Gasteiger partial charge in [-0.1, -0.05) is 30.2 Å². The maximum atomic E-state index is 13.7. The van der Waals surface area contributed by atoms with Gasteiger partial charge >= 0.3 is 5.69 Å². The smallest absolute Gasteiger partial charge is 0.332 e. The van der Waals surface area contributed by atoms with Crippen molar-refractivity contribution >= 4 is 27.9 Å². The summed E-state index contributed by atoms with van der Waals surface area (Å²) in [5.41, 5.74) is 7.26. The third kappa shape index (κ3) is 4.08. The standard InChI is InChI=1S/C25H29N7O2/c1-6-7-12-31-21-22(28-24(31)29(4)14-16(2)26)30(5)25(34)32(23(21)33)15-20-19-11-9-8-10-18(19)13-17(3)27-20/h8-11,13,16H,12,14-15,26H2,1-5H3/t16-/m0/s1. The topological polar surface area (TPSA) is 104 Å². The maximum absolute atomic E-state index is 13.7. The number of pyridine rings is 1. The Hall–Kier alpha value is -3.90. The Morgan fingerprint density at radius 2 is 1.91 bits per heavy atom. The number of nitrogens with two attached hydrogens (primary N) is 1. The molecule has 3 heterocycles. The number of aryl methyl sites for hydroxylation is 2. The summed E-state index contributed by atoms with van der Waals surface area (Å²) in [6, 6.07) is 9.71. The molecule has 4 aromatic rings. The van der Waals surface area contributed by atoms with Crippen molar-refractivity contribution in [3.63, 3.8) is 0 Å². The Balaban J connectivity index is 1.97. The van der Waals surface area contributed by atoms with E-state index in [0.717, 1.165) is 16.5 Å². The zero-order valence-corrected chi connectivity index (χ0v) is 20.2. The summed E-state index contributed by atoms with van der Waals surface area (Å²) in [5, 5.41) is 1.92. The molecule has 0 amide bonds. The summed E-state index contributed by atoms with van der Waals surface area (Å²) < 4.78 is 4.39. The predicted octanol–water partition coefficient (Wildman–Crippen LogP) is 1.61. The van der Waals surface area contributed by atoms with E-state index in [0.29, 0.717) is 29.4 Å². The first-order chi connectivity index (χ1) is 16.2. The van der Waals surface area contributed by atoms with E-state index in [1.54, 1.807) is 18.5 Å². The molecule has 0 bridgehead atoms. The van der Waals surface area contributed by atoms with Gasteiger partial charge in [0.2, 0.25) is 5.95 Å². The highest BCUT2D eigenvalue weighted by molar-refractivity contribution is 5.85. The molecular weight excluding hydrogens is 430 g/mol. The quantitative estimate of drug-likeness (QED) is 0.440. The molecule has 0 aliphatic heterocycles. The van der Waals surface area contributed by atoms with Crippen LogP contribution in [0.5, 0.6) is 0 Å². The highest BCUT2D eigenvalue weighted by Gasteiger charge is 2.23. The lowest BCUT2D eigenvalue weighted by Gasteiger charge is -2.20. The van der Waals surface area contributed by atoms with E-state index in [-0.39, 0.29) is 19.1 Å². The minimum Gasteiger partial charge on any atom is -0.344 e. The molecule has 0 radical (unpaired) electrons.